The predicted octanol–water partition coefficient (Wildman–Crippen LogP) is 4.25. The first-order valence-electron chi connectivity index (χ1n) is 7.91. The number of benzene rings is 1. The fraction of sp³-hybridized carbons (Fsp3) is 0.647. The van der Waals surface area contributed by atoms with Gasteiger partial charge in [0.15, 0.2) is 0 Å². The number of fused-ring (bicyclic) bond motifs is 1. The van der Waals surface area contributed by atoms with Crippen molar-refractivity contribution < 1.29 is 9.50 Å². The summed E-state index contributed by atoms with van der Waals surface area (Å²) >= 11 is 0. The smallest absolute Gasteiger partial charge is 0.131 e. The van der Waals surface area contributed by atoms with Crippen LogP contribution in [0.1, 0.15) is 57.1 Å². The van der Waals surface area contributed by atoms with Crippen molar-refractivity contribution in [2.75, 3.05) is 6.54 Å². The van der Waals surface area contributed by atoms with Crippen molar-refractivity contribution in [3.63, 3.8) is 0 Å². The molecule has 0 radical (unpaired) electrons. The molecule has 3 atom stereocenters. The molecule has 0 spiro atoms. The lowest BCUT2D eigenvalue weighted by Gasteiger charge is -2.47. The van der Waals surface area contributed by atoms with E-state index in [0.29, 0.717) is 11.6 Å². The molecule has 2 fully saturated rings. The zero-order chi connectivity index (χ0) is 14.1. The van der Waals surface area contributed by atoms with Gasteiger partial charge in [-0.05, 0) is 51.1 Å². The Morgan fingerprint density at radius 1 is 1.20 bits per heavy atom. The van der Waals surface area contributed by atoms with E-state index in [2.05, 4.69) is 11.8 Å². The molecular weight excluding hydrogens is 253 g/mol. The summed E-state index contributed by atoms with van der Waals surface area (Å²) in [5.41, 5.74) is 0.717. The molecule has 1 aromatic rings. The quantitative estimate of drug-likeness (QED) is 0.873. The first kappa shape index (κ1) is 13.9. The number of phenols is 1. The van der Waals surface area contributed by atoms with Gasteiger partial charge in [0.05, 0.1) is 0 Å². The number of phenolic OH excluding ortho intramolecular Hbond substituents is 1. The summed E-state index contributed by atoms with van der Waals surface area (Å²) in [4.78, 5) is 2.50. The van der Waals surface area contributed by atoms with Crippen molar-refractivity contribution in [2.24, 2.45) is 5.92 Å². The molecule has 1 aliphatic carbocycles. The fourth-order valence-corrected chi connectivity index (χ4v) is 4.18. The van der Waals surface area contributed by atoms with Gasteiger partial charge < -0.3 is 5.11 Å². The van der Waals surface area contributed by atoms with E-state index in [1.165, 1.54) is 44.6 Å². The molecule has 0 bridgehead atoms. The number of halogens is 1. The Hall–Kier alpha value is -1.09. The first-order valence-corrected chi connectivity index (χ1v) is 7.91. The van der Waals surface area contributed by atoms with Crippen LogP contribution >= 0.6 is 0 Å². The number of nitrogens with zero attached hydrogens (tertiary/aromatic N) is 1. The predicted molar refractivity (Wildman–Crippen MR) is 78.2 cm³/mol. The Labute approximate surface area is 120 Å². The van der Waals surface area contributed by atoms with Crippen LogP contribution in [0.2, 0.25) is 0 Å². The molecule has 1 saturated heterocycles. The summed E-state index contributed by atoms with van der Waals surface area (Å²) in [7, 11) is 0. The number of aromatic hydroxyl groups is 1. The summed E-state index contributed by atoms with van der Waals surface area (Å²) in [6.45, 7) is 3.18. The number of likely N-dealkylation sites (tertiary alicyclic amines) is 1. The third-order valence-corrected chi connectivity index (χ3v) is 5.22. The monoisotopic (exact) mass is 277 g/mol. The number of hydrogen-bond acceptors (Lipinski definition) is 2. The molecule has 3 unspecified atom stereocenters. The van der Waals surface area contributed by atoms with Gasteiger partial charge >= 0.3 is 0 Å². The molecule has 2 nitrogen and oxygen atoms in total. The van der Waals surface area contributed by atoms with Crippen LogP contribution in [0.3, 0.4) is 0 Å². The Morgan fingerprint density at radius 3 is 2.75 bits per heavy atom. The van der Waals surface area contributed by atoms with E-state index in [1.54, 1.807) is 12.1 Å². The Kier molecular flexibility index (Phi) is 3.97. The highest BCUT2D eigenvalue weighted by Gasteiger charge is 2.36. The highest BCUT2D eigenvalue weighted by atomic mass is 19.1. The molecule has 3 heteroatoms. The van der Waals surface area contributed by atoms with Gasteiger partial charge in [0.2, 0.25) is 0 Å². The van der Waals surface area contributed by atoms with Crippen LogP contribution in [0.4, 0.5) is 4.39 Å². The summed E-state index contributed by atoms with van der Waals surface area (Å²) in [5, 5.41) is 9.36. The summed E-state index contributed by atoms with van der Waals surface area (Å²) in [6, 6.07) is 5.29. The molecule has 110 valence electrons. The molecule has 1 aliphatic heterocycles. The Morgan fingerprint density at radius 2 is 1.95 bits per heavy atom. The average Bonchev–Trinajstić information content (AvgIpc) is 2.46. The molecule has 2 aliphatic rings. The fourth-order valence-electron chi connectivity index (χ4n) is 4.18. The second kappa shape index (κ2) is 5.72. The topological polar surface area (TPSA) is 23.5 Å². The number of piperidine rings is 1. The van der Waals surface area contributed by atoms with Gasteiger partial charge in [-0.1, -0.05) is 18.9 Å². The average molecular weight is 277 g/mol. The second-order valence-electron chi connectivity index (χ2n) is 6.37. The highest BCUT2D eigenvalue weighted by molar-refractivity contribution is 5.29. The van der Waals surface area contributed by atoms with Crippen LogP contribution in [0.25, 0.3) is 0 Å². The molecule has 0 amide bonds. The summed E-state index contributed by atoms with van der Waals surface area (Å²) in [6.07, 6.45) is 7.83. The first-order chi connectivity index (χ1) is 9.66. The van der Waals surface area contributed by atoms with E-state index in [0.717, 1.165) is 12.5 Å². The SMILES string of the molecule is CC(c1ccc(O)cc1F)N1CCCC2CCCCC21. The zero-order valence-corrected chi connectivity index (χ0v) is 12.2. The van der Waals surface area contributed by atoms with Crippen molar-refractivity contribution in [1.82, 2.24) is 4.90 Å². The minimum Gasteiger partial charge on any atom is -0.508 e. The van der Waals surface area contributed by atoms with Gasteiger partial charge in [0.1, 0.15) is 11.6 Å². The third-order valence-electron chi connectivity index (χ3n) is 5.22. The molecule has 1 aromatic carbocycles. The van der Waals surface area contributed by atoms with Gasteiger partial charge in [-0.3, -0.25) is 4.90 Å². The maximum Gasteiger partial charge on any atom is 0.131 e. The minimum absolute atomic E-state index is 0.00707. The van der Waals surface area contributed by atoms with Crippen LogP contribution in [-0.4, -0.2) is 22.6 Å². The lowest BCUT2D eigenvalue weighted by atomic mass is 9.77. The van der Waals surface area contributed by atoms with Crippen LogP contribution in [0.15, 0.2) is 18.2 Å². The maximum atomic E-state index is 14.1. The standard InChI is InChI=1S/C17H24FNO/c1-12(15-9-8-14(20)11-16(15)18)19-10-4-6-13-5-2-3-7-17(13)19/h8-9,11-13,17,20H,2-7,10H2,1H3. The van der Waals surface area contributed by atoms with Crippen LogP contribution in [0, 0.1) is 11.7 Å². The largest absolute Gasteiger partial charge is 0.508 e. The van der Waals surface area contributed by atoms with Crippen molar-refractivity contribution in [3.05, 3.63) is 29.6 Å². The molecule has 1 heterocycles. The van der Waals surface area contributed by atoms with Gasteiger partial charge in [0.25, 0.3) is 0 Å². The maximum absolute atomic E-state index is 14.1. The van der Waals surface area contributed by atoms with Gasteiger partial charge in [0, 0.05) is 23.7 Å². The molecule has 3 rings (SSSR count). The summed E-state index contributed by atoms with van der Waals surface area (Å²) < 4.78 is 14.1. The van der Waals surface area contributed by atoms with Crippen molar-refractivity contribution in [3.8, 4) is 5.75 Å². The normalized spacial score (nSPS) is 28.9. The van der Waals surface area contributed by atoms with E-state index in [4.69, 9.17) is 0 Å². The zero-order valence-electron chi connectivity index (χ0n) is 12.2. The van der Waals surface area contributed by atoms with Crippen molar-refractivity contribution in [2.45, 2.75) is 57.5 Å². The lowest BCUT2D eigenvalue weighted by Crippen LogP contribution is -2.47. The van der Waals surface area contributed by atoms with Crippen molar-refractivity contribution in [1.29, 1.82) is 0 Å². The number of rotatable bonds is 2. The van der Waals surface area contributed by atoms with Gasteiger partial charge in [-0.25, -0.2) is 4.39 Å². The molecule has 20 heavy (non-hydrogen) atoms. The lowest BCUT2D eigenvalue weighted by molar-refractivity contribution is 0.0297. The second-order valence-corrected chi connectivity index (χ2v) is 6.37. The van der Waals surface area contributed by atoms with E-state index in [9.17, 15) is 9.50 Å². The van der Waals surface area contributed by atoms with E-state index in [1.807, 2.05) is 0 Å². The van der Waals surface area contributed by atoms with E-state index >= 15 is 0 Å². The van der Waals surface area contributed by atoms with E-state index < -0.39 is 0 Å². The van der Waals surface area contributed by atoms with Gasteiger partial charge in [-0.2, -0.15) is 0 Å². The summed E-state index contributed by atoms with van der Waals surface area (Å²) in [5.74, 6) is 0.531. The van der Waals surface area contributed by atoms with Crippen LogP contribution in [0.5, 0.6) is 5.75 Å². The Balaban J connectivity index is 1.83. The van der Waals surface area contributed by atoms with Gasteiger partial charge in [-0.15, -0.1) is 0 Å². The molecule has 0 aromatic heterocycles. The highest BCUT2D eigenvalue weighted by Crippen LogP contribution is 2.39. The molecule has 1 N–H and O–H groups in total. The van der Waals surface area contributed by atoms with Crippen molar-refractivity contribution >= 4 is 0 Å². The molecular formula is C17H24FNO. The van der Waals surface area contributed by atoms with Crippen LogP contribution < -0.4 is 0 Å². The Bertz CT molecular complexity index is 474. The number of hydrogen-bond donors (Lipinski definition) is 1. The van der Waals surface area contributed by atoms with Crippen LogP contribution in [-0.2, 0) is 0 Å². The van der Waals surface area contributed by atoms with E-state index in [-0.39, 0.29) is 17.6 Å². The third kappa shape index (κ3) is 2.56. The molecule has 1 saturated carbocycles. The minimum atomic E-state index is -0.282.